The minimum Gasteiger partial charge on any atom is -0.493 e. The fraction of sp³-hybridized carbons (Fsp3) is 0.538. The lowest BCUT2D eigenvalue weighted by molar-refractivity contribution is -0.178. The molecule has 0 aliphatic heterocycles. The highest BCUT2D eigenvalue weighted by molar-refractivity contribution is 5.42. The molecule has 0 aromatic heterocycles. The van der Waals surface area contributed by atoms with Crippen molar-refractivity contribution in [2.75, 3.05) is 20.3 Å². The third-order valence-electron chi connectivity index (χ3n) is 2.82. The van der Waals surface area contributed by atoms with Crippen LogP contribution in [0.1, 0.15) is 12.5 Å². The van der Waals surface area contributed by atoms with Crippen molar-refractivity contribution in [1.82, 2.24) is 0 Å². The molecule has 0 bridgehead atoms. The largest absolute Gasteiger partial charge is 0.493 e. The van der Waals surface area contributed by atoms with Crippen molar-refractivity contribution in [3.05, 3.63) is 23.8 Å². The predicted molar refractivity (Wildman–Crippen MR) is 66.5 cm³/mol. The number of methoxy groups -OCH3 is 1. The number of rotatable bonds is 6. The van der Waals surface area contributed by atoms with E-state index in [1.807, 2.05) is 6.92 Å². The van der Waals surface area contributed by atoms with Crippen LogP contribution in [-0.2, 0) is 6.42 Å². The van der Waals surface area contributed by atoms with E-state index >= 15 is 0 Å². The summed E-state index contributed by atoms with van der Waals surface area (Å²) in [5, 5.41) is 0. The molecule has 0 heterocycles. The van der Waals surface area contributed by atoms with Gasteiger partial charge in [-0.2, -0.15) is 13.2 Å². The summed E-state index contributed by atoms with van der Waals surface area (Å²) in [6.07, 6.45) is -3.55. The van der Waals surface area contributed by atoms with Crippen molar-refractivity contribution >= 4 is 0 Å². The van der Waals surface area contributed by atoms with Crippen molar-refractivity contribution in [2.24, 2.45) is 11.7 Å². The lowest BCUT2D eigenvalue weighted by atomic mass is 10.1. The van der Waals surface area contributed by atoms with Gasteiger partial charge in [-0.3, -0.25) is 0 Å². The maximum absolute atomic E-state index is 12.5. The van der Waals surface area contributed by atoms with Crippen LogP contribution >= 0.6 is 0 Å². The van der Waals surface area contributed by atoms with Crippen LogP contribution in [0.15, 0.2) is 18.2 Å². The third-order valence-corrected chi connectivity index (χ3v) is 2.82. The quantitative estimate of drug-likeness (QED) is 0.869. The van der Waals surface area contributed by atoms with Gasteiger partial charge in [0.2, 0.25) is 0 Å². The van der Waals surface area contributed by atoms with Gasteiger partial charge in [0.05, 0.1) is 7.11 Å². The molecule has 0 saturated heterocycles. The Hall–Kier alpha value is -1.43. The molecule has 1 rings (SSSR count). The Morgan fingerprint density at radius 3 is 2.42 bits per heavy atom. The molecule has 1 aromatic carbocycles. The Labute approximate surface area is 110 Å². The van der Waals surface area contributed by atoms with Gasteiger partial charge in [0.25, 0.3) is 0 Å². The van der Waals surface area contributed by atoms with Gasteiger partial charge in [-0.15, -0.1) is 0 Å². The van der Waals surface area contributed by atoms with Crippen molar-refractivity contribution in [3.63, 3.8) is 0 Å². The summed E-state index contributed by atoms with van der Waals surface area (Å²) in [7, 11) is 1.45. The lowest BCUT2D eigenvalue weighted by Gasteiger charge is -2.19. The highest BCUT2D eigenvalue weighted by Crippen LogP contribution is 2.31. The van der Waals surface area contributed by atoms with Crippen LogP contribution < -0.4 is 15.2 Å². The third kappa shape index (κ3) is 4.31. The first-order valence-corrected chi connectivity index (χ1v) is 5.98. The molecule has 108 valence electrons. The Morgan fingerprint density at radius 2 is 1.95 bits per heavy atom. The molecule has 0 saturated carbocycles. The van der Waals surface area contributed by atoms with Gasteiger partial charge in [-0.1, -0.05) is 13.0 Å². The van der Waals surface area contributed by atoms with Crippen LogP contribution in [0.4, 0.5) is 13.2 Å². The fourth-order valence-corrected chi connectivity index (χ4v) is 1.54. The SMILES string of the molecule is CCc1ccc(OCC(CN)C(F)(F)F)c(OC)c1. The van der Waals surface area contributed by atoms with Crippen LogP contribution in [0, 0.1) is 5.92 Å². The second-order valence-corrected chi connectivity index (χ2v) is 4.12. The number of ether oxygens (including phenoxy) is 2. The average molecular weight is 277 g/mol. The van der Waals surface area contributed by atoms with Crippen LogP contribution in [-0.4, -0.2) is 26.4 Å². The lowest BCUT2D eigenvalue weighted by Crippen LogP contribution is -2.35. The van der Waals surface area contributed by atoms with E-state index in [-0.39, 0.29) is 0 Å². The highest BCUT2D eigenvalue weighted by atomic mass is 19.4. The Morgan fingerprint density at radius 1 is 1.26 bits per heavy atom. The van der Waals surface area contributed by atoms with Gasteiger partial charge in [-0.05, 0) is 24.1 Å². The van der Waals surface area contributed by atoms with Crippen molar-refractivity contribution in [1.29, 1.82) is 0 Å². The van der Waals surface area contributed by atoms with E-state index < -0.39 is 25.2 Å². The molecule has 2 N–H and O–H groups in total. The zero-order chi connectivity index (χ0) is 14.5. The number of nitrogens with two attached hydrogens (primary N) is 1. The summed E-state index contributed by atoms with van der Waals surface area (Å²) < 4.78 is 47.9. The maximum atomic E-state index is 12.5. The minimum absolute atomic E-state index is 0.294. The predicted octanol–water partition coefficient (Wildman–Crippen LogP) is 2.77. The topological polar surface area (TPSA) is 44.5 Å². The molecule has 0 radical (unpaired) electrons. The van der Waals surface area contributed by atoms with Gasteiger partial charge in [-0.25, -0.2) is 0 Å². The molecule has 0 amide bonds. The molecular formula is C13H18F3NO2. The van der Waals surface area contributed by atoms with Gasteiger partial charge < -0.3 is 15.2 Å². The van der Waals surface area contributed by atoms with Gasteiger partial charge in [0.15, 0.2) is 11.5 Å². The van der Waals surface area contributed by atoms with Crippen LogP contribution in [0.25, 0.3) is 0 Å². The van der Waals surface area contributed by atoms with Crippen LogP contribution in [0.5, 0.6) is 11.5 Å². The van der Waals surface area contributed by atoms with Gasteiger partial charge >= 0.3 is 6.18 Å². The average Bonchev–Trinajstić information content (AvgIpc) is 2.38. The molecule has 0 fully saturated rings. The Bertz CT molecular complexity index is 407. The van der Waals surface area contributed by atoms with Crippen LogP contribution in [0.3, 0.4) is 0 Å². The van der Waals surface area contributed by atoms with E-state index in [1.54, 1.807) is 18.2 Å². The number of halogens is 3. The van der Waals surface area contributed by atoms with Crippen molar-refractivity contribution < 1.29 is 22.6 Å². The van der Waals surface area contributed by atoms with E-state index in [4.69, 9.17) is 15.2 Å². The smallest absolute Gasteiger partial charge is 0.396 e. The second-order valence-electron chi connectivity index (χ2n) is 4.12. The first-order valence-electron chi connectivity index (χ1n) is 5.98. The van der Waals surface area contributed by atoms with E-state index in [0.717, 1.165) is 12.0 Å². The molecule has 1 unspecified atom stereocenters. The zero-order valence-corrected chi connectivity index (χ0v) is 11.0. The number of hydrogen-bond acceptors (Lipinski definition) is 3. The molecule has 0 aliphatic rings. The maximum Gasteiger partial charge on any atom is 0.396 e. The van der Waals surface area contributed by atoms with Crippen LogP contribution in [0.2, 0.25) is 0 Å². The van der Waals surface area contributed by atoms with Crippen molar-refractivity contribution in [3.8, 4) is 11.5 Å². The molecule has 6 heteroatoms. The number of alkyl halides is 3. The number of hydrogen-bond donors (Lipinski definition) is 1. The first kappa shape index (κ1) is 15.6. The zero-order valence-electron chi connectivity index (χ0n) is 11.0. The summed E-state index contributed by atoms with van der Waals surface area (Å²) in [4.78, 5) is 0. The molecule has 1 aromatic rings. The molecular weight excluding hydrogens is 259 g/mol. The van der Waals surface area contributed by atoms with Gasteiger partial charge in [0.1, 0.15) is 12.5 Å². The van der Waals surface area contributed by atoms with E-state index in [2.05, 4.69) is 0 Å². The molecule has 3 nitrogen and oxygen atoms in total. The normalized spacial score (nSPS) is 13.2. The fourth-order valence-electron chi connectivity index (χ4n) is 1.54. The number of aryl methyl sites for hydroxylation is 1. The number of benzene rings is 1. The van der Waals surface area contributed by atoms with Crippen molar-refractivity contribution in [2.45, 2.75) is 19.5 Å². The summed E-state index contributed by atoms with van der Waals surface area (Å²) in [5.41, 5.74) is 6.13. The first-order chi connectivity index (χ1) is 8.92. The summed E-state index contributed by atoms with van der Waals surface area (Å²) in [5.74, 6) is -0.956. The standard InChI is InChI=1S/C13H18F3NO2/c1-3-9-4-5-11(12(6-9)18-2)19-8-10(7-17)13(14,15)16/h4-6,10H,3,7-8,17H2,1-2H3. The molecule has 19 heavy (non-hydrogen) atoms. The van der Waals surface area contributed by atoms with E-state index in [0.29, 0.717) is 11.5 Å². The Balaban J connectivity index is 2.77. The molecule has 1 atom stereocenters. The summed E-state index contributed by atoms with van der Waals surface area (Å²) in [6, 6.07) is 5.16. The summed E-state index contributed by atoms with van der Waals surface area (Å²) >= 11 is 0. The Kier molecular flexibility index (Phi) is 5.47. The highest BCUT2D eigenvalue weighted by Gasteiger charge is 2.39. The van der Waals surface area contributed by atoms with E-state index in [9.17, 15) is 13.2 Å². The van der Waals surface area contributed by atoms with Gasteiger partial charge in [0, 0.05) is 6.54 Å². The molecule has 0 spiro atoms. The molecule has 0 aliphatic carbocycles. The second kappa shape index (κ2) is 6.65. The monoisotopic (exact) mass is 277 g/mol. The summed E-state index contributed by atoms with van der Waals surface area (Å²) in [6.45, 7) is 0.962. The minimum atomic E-state index is -4.36. The van der Waals surface area contributed by atoms with E-state index in [1.165, 1.54) is 7.11 Å².